The SMILES string of the molecule is C=CC[C@H](Cc1ccccc1)C(=O)O[C@@H]1[C@H](OC(=O)[C@H](CC=C)Cc2ccccc2)[C@@H](OC)O[C@H](CO)[C@H]1OC(=O)Nc1ccc2c(c1)OCO2. The number of rotatable bonds is 16. The second-order valence-corrected chi connectivity index (χ2v) is 12.1. The number of methoxy groups -OCH3 is 1. The first kappa shape index (κ1) is 37.1. The molecule has 1 fully saturated rings. The Morgan fingerprint density at radius 1 is 0.804 bits per heavy atom. The molecular formula is C39H43NO11. The molecule has 1 amide bonds. The third-order valence-corrected chi connectivity index (χ3v) is 8.59. The van der Waals surface area contributed by atoms with Gasteiger partial charge in [0.15, 0.2) is 36.1 Å². The molecule has 5 rings (SSSR count). The van der Waals surface area contributed by atoms with Crippen molar-refractivity contribution >= 4 is 23.7 Å². The van der Waals surface area contributed by atoms with Crippen LogP contribution in [0, 0.1) is 11.8 Å². The lowest BCUT2D eigenvalue weighted by Crippen LogP contribution is -2.63. The molecule has 0 aromatic heterocycles. The van der Waals surface area contributed by atoms with Crippen LogP contribution in [0.1, 0.15) is 24.0 Å². The molecule has 270 valence electrons. The molecule has 3 aromatic rings. The Kier molecular flexibility index (Phi) is 13.2. The number of amides is 1. The van der Waals surface area contributed by atoms with Crippen molar-refractivity contribution in [1.29, 1.82) is 0 Å². The summed E-state index contributed by atoms with van der Waals surface area (Å²) in [7, 11) is 1.33. The smallest absolute Gasteiger partial charge is 0.412 e. The molecule has 0 saturated carbocycles. The highest BCUT2D eigenvalue weighted by Gasteiger charge is 2.53. The Bertz CT molecular complexity index is 1630. The lowest BCUT2D eigenvalue weighted by Gasteiger charge is -2.44. The quantitative estimate of drug-likeness (QED) is 0.113. The molecule has 12 heteroatoms. The number of carbonyl (C=O) groups is 3. The minimum atomic E-state index is -1.45. The van der Waals surface area contributed by atoms with Gasteiger partial charge < -0.3 is 38.3 Å². The van der Waals surface area contributed by atoms with Crippen LogP contribution < -0.4 is 14.8 Å². The summed E-state index contributed by atoms with van der Waals surface area (Å²) >= 11 is 0. The zero-order valence-electron chi connectivity index (χ0n) is 28.4. The van der Waals surface area contributed by atoms with Gasteiger partial charge in [0.1, 0.15) is 6.10 Å². The molecule has 3 aromatic carbocycles. The van der Waals surface area contributed by atoms with Crippen LogP contribution in [0.25, 0.3) is 0 Å². The third kappa shape index (κ3) is 9.75. The van der Waals surface area contributed by atoms with E-state index in [9.17, 15) is 19.5 Å². The van der Waals surface area contributed by atoms with Crippen molar-refractivity contribution in [3.8, 4) is 11.5 Å². The van der Waals surface area contributed by atoms with E-state index in [-0.39, 0.29) is 13.2 Å². The van der Waals surface area contributed by atoms with E-state index in [4.69, 9.17) is 33.2 Å². The maximum absolute atomic E-state index is 14.0. The van der Waals surface area contributed by atoms with E-state index >= 15 is 0 Å². The summed E-state index contributed by atoms with van der Waals surface area (Å²) in [6.45, 7) is 7.01. The van der Waals surface area contributed by atoms with Gasteiger partial charge in [0, 0.05) is 18.9 Å². The minimum Gasteiger partial charge on any atom is -0.454 e. The van der Waals surface area contributed by atoms with Crippen molar-refractivity contribution in [3.05, 3.63) is 115 Å². The van der Waals surface area contributed by atoms with Gasteiger partial charge in [-0.05, 0) is 48.9 Å². The van der Waals surface area contributed by atoms with Crippen molar-refractivity contribution in [2.45, 2.75) is 56.4 Å². The largest absolute Gasteiger partial charge is 0.454 e. The van der Waals surface area contributed by atoms with Crippen LogP contribution in [0.3, 0.4) is 0 Å². The van der Waals surface area contributed by atoms with E-state index < -0.39 is 67.2 Å². The van der Waals surface area contributed by atoms with E-state index in [1.165, 1.54) is 7.11 Å². The summed E-state index contributed by atoms with van der Waals surface area (Å²) in [6, 6.07) is 23.6. The molecule has 1 saturated heterocycles. The fourth-order valence-electron chi connectivity index (χ4n) is 6.05. The number of ether oxygens (including phenoxy) is 7. The van der Waals surface area contributed by atoms with Gasteiger partial charge in [-0.3, -0.25) is 14.9 Å². The Labute approximate surface area is 296 Å². The summed E-state index contributed by atoms with van der Waals surface area (Å²) in [6.07, 6.45) is -3.32. The van der Waals surface area contributed by atoms with Gasteiger partial charge in [-0.15, -0.1) is 13.2 Å². The molecular weight excluding hydrogens is 658 g/mol. The number of aliphatic hydroxyl groups is 1. The summed E-state index contributed by atoms with van der Waals surface area (Å²) in [5.74, 6) is -1.69. The highest BCUT2D eigenvalue weighted by Crippen LogP contribution is 2.35. The van der Waals surface area contributed by atoms with Gasteiger partial charge in [0.05, 0.1) is 18.4 Å². The average molecular weight is 702 g/mol. The first-order valence-corrected chi connectivity index (χ1v) is 16.7. The molecule has 12 nitrogen and oxygen atoms in total. The standard InChI is InChI=1S/C39H43NO11/c1-4-12-27(20-25-14-8-6-9-15-25)36(42)49-34-33(51-39(44)40-29-18-19-30-31(22-29)47-24-46-30)32(23-41)48-38(45-3)35(34)50-37(43)28(13-5-2)21-26-16-10-7-11-17-26/h4-11,14-19,22,27-28,32-35,38,41H,1-2,12-13,20-21,23-24H2,3H3,(H,40,44)/t27-,28-,32-,33-,34+,35+,38+/m1/s1. The summed E-state index contributed by atoms with van der Waals surface area (Å²) < 4.78 is 40.3. The Morgan fingerprint density at radius 3 is 1.92 bits per heavy atom. The molecule has 0 spiro atoms. The van der Waals surface area contributed by atoms with Gasteiger partial charge in [-0.1, -0.05) is 72.8 Å². The Morgan fingerprint density at radius 2 is 1.37 bits per heavy atom. The van der Waals surface area contributed by atoms with E-state index in [1.54, 1.807) is 30.4 Å². The van der Waals surface area contributed by atoms with Crippen LogP contribution in [-0.4, -0.2) is 74.4 Å². The normalized spacial score (nSPS) is 21.8. The van der Waals surface area contributed by atoms with Gasteiger partial charge in [-0.2, -0.15) is 0 Å². The zero-order chi connectivity index (χ0) is 36.2. The van der Waals surface area contributed by atoms with E-state index in [0.29, 0.717) is 36.4 Å². The van der Waals surface area contributed by atoms with Crippen LogP contribution in [0.5, 0.6) is 11.5 Å². The number of nitrogens with one attached hydrogen (secondary N) is 1. The van der Waals surface area contributed by atoms with Gasteiger partial charge in [0.2, 0.25) is 6.79 Å². The van der Waals surface area contributed by atoms with Crippen LogP contribution >= 0.6 is 0 Å². The first-order valence-electron chi connectivity index (χ1n) is 16.7. The lowest BCUT2D eigenvalue weighted by atomic mass is 9.94. The topological polar surface area (TPSA) is 148 Å². The van der Waals surface area contributed by atoms with Crippen molar-refractivity contribution in [3.63, 3.8) is 0 Å². The van der Waals surface area contributed by atoms with Crippen molar-refractivity contribution in [2.75, 3.05) is 25.8 Å². The fraction of sp³-hybridized carbons (Fsp3) is 0.359. The number of aliphatic hydroxyl groups excluding tert-OH is 1. The monoisotopic (exact) mass is 701 g/mol. The molecule has 2 heterocycles. The number of anilines is 1. The predicted octanol–water partition coefficient (Wildman–Crippen LogP) is 5.39. The van der Waals surface area contributed by atoms with E-state index in [2.05, 4.69) is 18.5 Å². The molecule has 0 bridgehead atoms. The number of hydrogen-bond acceptors (Lipinski definition) is 11. The lowest BCUT2D eigenvalue weighted by molar-refractivity contribution is -0.300. The highest BCUT2D eigenvalue weighted by molar-refractivity contribution is 5.85. The fourth-order valence-corrected chi connectivity index (χ4v) is 6.05. The van der Waals surface area contributed by atoms with E-state index in [1.807, 2.05) is 60.7 Å². The number of allylic oxidation sites excluding steroid dienone is 2. The molecule has 2 aliphatic heterocycles. The maximum atomic E-state index is 14.0. The van der Waals surface area contributed by atoms with Crippen molar-refractivity contribution in [2.24, 2.45) is 11.8 Å². The second kappa shape index (κ2) is 18.2. The van der Waals surface area contributed by atoms with E-state index in [0.717, 1.165) is 11.1 Å². The summed E-state index contributed by atoms with van der Waals surface area (Å²) in [5.41, 5.74) is 2.13. The molecule has 2 aliphatic rings. The number of carbonyl (C=O) groups excluding carboxylic acids is 3. The van der Waals surface area contributed by atoms with Crippen molar-refractivity contribution in [1.82, 2.24) is 0 Å². The van der Waals surface area contributed by atoms with Crippen LogP contribution in [-0.2, 0) is 46.1 Å². The Balaban J connectivity index is 1.44. The molecule has 7 atom stereocenters. The number of benzene rings is 3. The van der Waals surface area contributed by atoms with Gasteiger partial charge in [-0.25, -0.2) is 4.79 Å². The highest BCUT2D eigenvalue weighted by atomic mass is 16.7. The summed E-state index contributed by atoms with van der Waals surface area (Å²) in [4.78, 5) is 41.2. The predicted molar refractivity (Wildman–Crippen MR) is 186 cm³/mol. The molecule has 51 heavy (non-hydrogen) atoms. The van der Waals surface area contributed by atoms with Crippen LogP contribution in [0.15, 0.2) is 104 Å². The molecule has 0 aliphatic carbocycles. The number of fused-ring (bicyclic) bond motifs is 1. The summed E-state index contributed by atoms with van der Waals surface area (Å²) in [5, 5.41) is 13.0. The van der Waals surface area contributed by atoms with Crippen LogP contribution in [0.2, 0.25) is 0 Å². The minimum absolute atomic E-state index is 0.0464. The van der Waals surface area contributed by atoms with Crippen LogP contribution in [0.4, 0.5) is 10.5 Å². The zero-order valence-corrected chi connectivity index (χ0v) is 28.4. The third-order valence-electron chi connectivity index (χ3n) is 8.59. The Hall–Kier alpha value is -5.17. The maximum Gasteiger partial charge on any atom is 0.412 e. The number of esters is 2. The molecule has 2 N–H and O–H groups in total. The molecule has 0 radical (unpaired) electrons. The van der Waals surface area contributed by atoms with Crippen molar-refractivity contribution < 1.29 is 52.6 Å². The first-order chi connectivity index (χ1) is 24.8. The average Bonchev–Trinajstić information content (AvgIpc) is 3.61. The second-order valence-electron chi connectivity index (χ2n) is 12.1. The number of hydrogen-bond donors (Lipinski definition) is 2. The van der Waals surface area contributed by atoms with Gasteiger partial charge >= 0.3 is 18.0 Å². The van der Waals surface area contributed by atoms with Gasteiger partial charge in [0.25, 0.3) is 0 Å². The molecule has 0 unspecified atom stereocenters.